The normalized spacial score (nSPS) is 11.2. The lowest BCUT2D eigenvalue weighted by Gasteiger charge is -2.13. The number of para-hydroxylation sites is 1. The van der Waals surface area contributed by atoms with Crippen LogP contribution in [0.5, 0.6) is 0 Å². The molecular formula is C19H18ClN3O2S. The van der Waals surface area contributed by atoms with Gasteiger partial charge in [-0.2, -0.15) is 0 Å². The molecule has 7 heteroatoms. The Morgan fingerprint density at radius 3 is 2.15 bits per heavy atom. The third kappa shape index (κ3) is 4.15. The van der Waals surface area contributed by atoms with Gasteiger partial charge in [-0.25, -0.2) is 13.4 Å². The molecule has 2 aromatic carbocycles. The van der Waals surface area contributed by atoms with Crippen LogP contribution in [0.1, 0.15) is 11.1 Å². The van der Waals surface area contributed by atoms with E-state index in [0.717, 1.165) is 22.5 Å². The highest BCUT2D eigenvalue weighted by Gasteiger charge is 2.14. The van der Waals surface area contributed by atoms with Crippen LogP contribution in [0.3, 0.4) is 0 Å². The summed E-state index contributed by atoms with van der Waals surface area (Å²) in [5.74, 6) is 0.243. The molecule has 0 saturated heterocycles. The van der Waals surface area contributed by atoms with Crippen molar-refractivity contribution in [2.75, 3.05) is 10.0 Å². The Bertz CT molecular complexity index is 997. The molecule has 0 radical (unpaired) electrons. The molecule has 0 atom stereocenters. The summed E-state index contributed by atoms with van der Waals surface area (Å²) in [4.78, 5) is 4.31. The average Bonchev–Trinajstić information content (AvgIpc) is 2.60. The number of nitrogens with one attached hydrogen (secondary N) is 2. The zero-order chi connectivity index (χ0) is 18.7. The highest BCUT2D eigenvalue weighted by molar-refractivity contribution is 7.92. The van der Waals surface area contributed by atoms with Crippen molar-refractivity contribution in [1.29, 1.82) is 0 Å². The summed E-state index contributed by atoms with van der Waals surface area (Å²) in [5, 5.41) is 3.79. The van der Waals surface area contributed by atoms with Crippen LogP contribution in [-0.4, -0.2) is 13.4 Å². The number of aryl methyl sites for hydroxylation is 2. The Balaban J connectivity index is 1.76. The van der Waals surface area contributed by atoms with Crippen LogP contribution in [0.25, 0.3) is 0 Å². The molecule has 5 nitrogen and oxygen atoms in total. The third-order valence-electron chi connectivity index (χ3n) is 3.88. The minimum atomic E-state index is -3.71. The largest absolute Gasteiger partial charge is 0.354 e. The average molecular weight is 388 g/mol. The van der Waals surface area contributed by atoms with Crippen molar-refractivity contribution in [3.05, 3.63) is 76.9 Å². The van der Waals surface area contributed by atoms with E-state index in [4.69, 9.17) is 11.6 Å². The van der Waals surface area contributed by atoms with Gasteiger partial charge in [-0.15, -0.1) is 0 Å². The number of nitrogens with zero attached hydrogens (tertiary/aromatic N) is 1. The van der Waals surface area contributed by atoms with Gasteiger partial charge in [0.05, 0.1) is 16.8 Å². The van der Waals surface area contributed by atoms with Crippen molar-refractivity contribution in [2.45, 2.75) is 18.7 Å². The maximum Gasteiger partial charge on any atom is 0.263 e. The maximum atomic E-state index is 12.4. The van der Waals surface area contributed by atoms with Gasteiger partial charge < -0.3 is 5.32 Å². The van der Waals surface area contributed by atoms with E-state index in [-0.39, 0.29) is 10.7 Å². The van der Waals surface area contributed by atoms with Crippen LogP contribution in [0.15, 0.2) is 65.7 Å². The SMILES string of the molecule is Cc1cccc(C)c1Nc1ccc(NS(=O)(=O)c2ccc(Cl)cc2)nc1. The predicted molar refractivity (Wildman–Crippen MR) is 106 cm³/mol. The summed E-state index contributed by atoms with van der Waals surface area (Å²) in [6.45, 7) is 4.05. The number of hydrogen-bond donors (Lipinski definition) is 2. The second-order valence-corrected chi connectivity index (χ2v) is 8.00. The Kier molecular flexibility index (Phi) is 5.15. The molecule has 3 aromatic rings. The molecule has 26 heavy (non-hydrogen) atoms. The van der Waals surface area contributed by atoms with E-state index in [1.807, 2.05) is 32.0 Å². The van der Waals surface area contributed by atoms with Gasteiger partial charge in [0.25, 0.3) is 10.0 Å². The molecule has 0 amide bonds. The molecule has 0 unspecified atom stereocenters. The van der Waals surface area contributed by atoms with Crippen LogP contribution >= 0.6 is 11.6 Å². The fourth-order valence-electron chi connectivity index (χ4n) is 2.49. The lowest BCUT2D eigenvalue weighted by Crippen LogP contribution is -2.13. The number of anilines is 3. The topological polar surface area (TPSA) is 71.1 Å². The van der Waals surface area contributed by atoms with E-state index in [2.05, 4.69) is 15.0 Å². The van der Waals surface area contributed by atoms with Crippen molar-refractivity contribution >= 4 is 38.8 Å². The van der Waals surface area contributed by atoms with Gasteiger partial charge in [-0.3, -0.25) is 4.72 Å². The highest BCUT2D eigenvalue weighted by atomic mass is 35.5. The van der Waals surface area contributed by atoms with E-state index >= 15 is 0 Å². The highest BCUT2D eigenvalue weighted by Crippen LogP contribution is 2.25. The summed E-state index contributed by atoms with van der Waals surface area (Å²) in [7, 11) is -3.71. The molecule has 134 valence electrons. The van der Waals surface area contributed by atoms with Gasteiger partial charge in [-0.05, 0) is 61.4 Å². The molecule has 0 bridgehead atoms. The Morgan fingerprint density at radius 2 is 1.58 bits per heavy atom. The summed E-state index contributed by atoms with van der Waals surface area (Å²) < 4.78 is 27.2. The summed E-state index contributed by atoms with van der Waals surface area (Å²) in [5.41, 5.74) is 4.04. The van der Waals surface area contributed by atoms with E-state index in [1.54, 1.807) is 18.3 Å². The van der Waals surface area contributed by atoms with E-state index in [9.17, 15) is 8.42 Å². The van der Waals surface area contributed by atoms with Gasteiger partial charge in [0, 0.05) is 10.7 Å². The summed E-state index contributed by atoms with van der Waals surface area (Å²) in [6, 6.07) is 15.4. The van der Waals surface area contributed by atoms with Gasteiger partial charge >= 0.3 is 0 Å². The van der Waals surface area contributed by atoms with Gasteiger partial charge in [-0.1, -0.05) is 29.8 Å². The molecule has 1 heterocycles. The van der Waals surface area contributed by atoms with Crippen molar-refractivity contribution in [2.24, 2.45) is 0 Å². The summed E-state index contributed by atoms with van der Waals surface area (Å²) in [6.07, 6.45) is 1.59. The number of benzene rings is 2. The fraction of sp³-hybridized carbons (Fsp3) is 0.105. The van der Waals surface area contributed by atoms with Gasteiger partial charge in [0.15, 0.2) is 0 Å². The first-order valence-electron chi connectivity index (χ1n) is 7.93. The molecule has 3 rings (SSSR count). The quantitative estimate of drug-likeness (QED) is 0.653. The van der Waals surface area contributed by atoms with Crippen molar-refractivity contribution in [3.63, 3.8) is 0 Å². The Hall–Kier alpha value is -2.57. The predicted octanol–water partition coefficient (Wildman–Crippen LogP) is 4.90. The minimum absolute atomic E-state index is 0.126. The number of sulfonamides is 1. The van der Waals surface area contributed by atoms with Crippen molar-refractivity contribution in [3.8, 4) is 0 Å². The van der Waals surface area contributed by atoms with Gasteiger partial charge in [0.2, 0.25) is 0 Å². The molecule has 2 N–H and O–H groups in total. The lowest BCUT2D eigenvalue weighted by atomic mass is 10.1. The number of aromatic nitrogens is 1. The first-order valence-corrected chi connectivity index (χ1v) is 9.79. The van der Waals surface area contributed by atoms with Crippen molar-refractivity contribution < 1.29 is 8.42 Å². The van der Waals surface area contributed by atoms with E-state index in [1.165, 1.54) is 24.3 Å². The van der Waals surface area contributed by atoms with Crippen LogP contribution in [0, 0.1) is 13.8 Å². The molecular weight excluding hydrogens is 370 g/mol. The van der Waals surface area contributed by atoms with Crippen LogP contribution in [-0.2, 0) is 10.0 Å². The number of halogens is 1. The smallest absolute Gasteiger partial charge is 0.263 e. The van der Waals surface area contributed by atoms with Crippen LogP contribution < -0.4 is 10.0 Å². The minimum Gasteiger partial charge on any atom is -0.354 e. The first-order chi connectivity index (χ1) is 12.3. The van der Waals surface area contributed by atoms with E-state index in [0.29, 0.717) is 5.02 Å². The molecule has 0 spiro atoms. The summed E-state index contributed by atoms with van der Waals surface area (Å²) >= 11 is 5.79. The second kappa shape index (κ2) is 7.35. The van der Waals surface area contributed by atoms with Gasteiger partial charge in [0.1, 0.15) is 5.82 Å². The molecule has 0 aliphatic heterocycles. The van der Waals surface area contributed by atoms with E-state index < -0.39 is 10.0 Å². The fourth-order valence-corrected chi connectivity index (χ4v) is 3.63. The zero-order valence-electron chi connectivity index (χ0n) is 14.3. The molecule has 0 aliphatic rings. The third-order valence-corrected chi connectivity index (χ3v) is 5.50. The molecule has 0 aliphatic carbocycles. The number of rotatable bonds is 5. The second-order valence-electron chi connectivity index (χ2n) is 5.88. The zero-order valence-corrected chi connectivity index (χ0v) is 15.9. The lowest BCUT2D eigenvalue weighted by molar-refractivity contribution is 0.601. The number of pyridine rings is 1. The standard InChI is InChI=1S/C19H18ClN3O2S/c1-13-4-3-5-14(2)19(13)22-16-8-11-18(21-12-16)23-26(24,25)17-9-6-15(20)7-10-17/h3-12,22H,1-2H3,(H,21,23). The molecule has 1 aromatic heterocycles. The Labute approximate surface area is 158 Å². The van der Waals surface area contributed by atoms with Crippen molar-refractivity contribution in [1.82, 2.24) is 4.98 Å². The maximum absolute atomic E-state index is 12.4. The molecule has 0 saturated carbocycles. The molecule has 0 fully saturated rings. The van der Waals surface area contributed by atoms with Crippen LogP contribution in [0.4, 0.5) is 17.2 Å². The number of hydrogen-bond acceptors (Lipinski definition) is 4. The monoisotopic (exact) mass is 387 g/mol. The Morgan fingerprint density at radius 1 is 0.923 bits per heavy atom. The first kappa shape index (κ1) is 18.2. The van der Waals surface area contributed by atoms with Crippen LogP contribution in [0.2, 0.25) is 5.02 Å².